The summed E-state index contributed by atoms with van der Waals surface area (Å²) in [5.74, 6) is 0. The van der Waals surface area contributed by atoms with Gasteiger partial charge in [-0.25, -0.2) is 0 Å². The van der Waals surface area contributed by atoms with Crippen LogP contribution in [0.5, 0.6) is 0 Å². The SMILES string of the molecule is CCCC/C(C)=C/C(N)=S. The maximum atomic E-state index is 5.32. The van der Waals surface area contributed by atoms with Gasteiger partial charge >= 0.3 is 0 Å². The Balaban J connectivity index is 3.60. The molecule has 0 heterocycles. The van der Waals surface area contributed by atoms with Crippen LogP contribution in [0.15, 0.2) is 11.6 Å². The number of unbranched alkanes of at least 4 members (excludes halogenated alkanes) is 1. The van der Waals surface area contributed by atoms with Crippen molar-refractivity contribution in [2.24, 2.45) is 5.73 Å². The molecule has 58 valence electrons. The standard InChI is InChI=1S/C8H15NS/c1-3-4-5-7(2)6-8(9)10/h6H,3-5H2,1-2H3,(H2,9,10)/b7-6+. The van der Waals surface area contributed by atoms with Gasteiger partial charge in [-0.3, -0.25) is 0 Å². The highest BCUT2D eigenvalue weighted by molar-refractivity contribution is 7.80. The molecule has 0 aliphatic carbocycles. The lowest BCUT2D eigenvalue weighted by molar-refractivity contribution is 0.788. The summed E-state index contributed by atoms with van der Waals surface area (Å²) in [6, 6.07) is 0. The first-order valence-electron chi connectivity index (χ1n) is 3.63. The molecule has 0 aromatic heterocycles. The third kappa shape index (κ3) is 5.76. The normalized spacial score (nSPS) is 11.6. The highest BCUT2D eigenvalue weighted by Crippen LogP contribution is 2.04. The van der Waals surface area contributed by atoms with E-state index in [1.54, 1.807) is 0 Å². The first-order valence-corrected chi connectivity index (χ1v) is 4.04. The molecule has 0 amide bonds. The van der Waals surface area contributed by atoms with Gasteiger partial charge < -0.3 is 5.73 Å². The molecule has 0 fully saturated rings. The van der Waals surface area contributed by atoms with Crippen LogP contribution in [0, 0.1) is 0 Å². The molecule has 0 aliphatic rings. The van der Waals surface area contributed by atoms with Crippen LogP contribution in [0.25, 0.3) is 0 Å². The summed E-state index contributed by atoms with van der Waals surface area (Å²) in [7, 11) is 0. The zero-order valence-corrected chi connectivity index (χ0v) is 7.50. The molecule has 2 N–H and O–H groups in total. The number of allylic oxidation sites excluding steroid dienone is 1. The molecule has 10 heavy (non-hydrogen) atoms. The number of nitrogens with two attached hydrogens (primary N) is 1. The highest BCUT2D eigenvalue weighted by atomic mass is 32.1. The first kappa shape index (κ1) is 9.63. The van der Waals surface area contributed by atoms with Crippen LogP contribution in [-0.4, -0.2) is 4.99 Å². The number of hydrogen-bond donors (Lipinski definition) is 1. The van der Waals surface area contributed by atoms with Crippen molar-refractivity contribution in [3.8, 4) is 0 Å². The van der Waals surface area contributed by atoms with E-state index in [-0.39, 0.29) is 0 Å². The summed E-state index contributed by atoms with van der Waals surface area (Å²) < 4.78 is 0. The molecule has 0 rings (SSSR count). The molecule has 1 nitrogen and oxygen atoms in total. The smallest absolute Gasteiger partial charge is 0.0961 e. The second-order valence-electron chi connectivity index (χ2n) is 2.50. The predicted molar refractivity (Wildman–Crippen MR) is 50.1 cm³/mol. The van der Waals surface area contributed by atoms with Gasteiger partial charge in [0.15, 0.2) is 0 Å². The van der Waals surface area contributed by atoms with Crippen molar-refractivity contribution in [2.75, 3.05) is 0 Å². The van der Waals surface area contributed by atoms with Gasteiger partial charge in [0.1, 0.15) is 0 Å². The van der Waals surface area contributed by atoms with Crippen molar-refractivity contribution in [1.29, 1.82) is 0 Å². The molecule has 0 bridgehead atoms. The van der Waals surface area contributed by atoms with Gasteiger partial charge in [0.05, 0.1) is 4.99 Å². The van der Waals surface area contributed by atoms with E-state index in [1.807, 2.05) is 6.08 Å². The van der Waals surface area contributed by atoms with Crippen LogP contribution in [0.3, 0.4) is 0 Å². The van der Waals surface area contributed by atoms with Gasteiger partial charge in [0.25, 0.3) is 0 Å². The van der Waals surface area contributed by atoms with Crippen molar-refractivity contribution in [3.63, 3.8) is 0 Å². The molecular formula is C8H15NS. The quantitative estimate of drug-likeness (QED) is 0.501. The fourth-order valence-electron chi connectivity index (χ4n) is 0.771. The average molecular weight is 157 g/mol. The zero-order chi connectivity index (χ0) is 7.98. The molecule has 0 aromatic rings. The van der Waals surface area contributed by atoms with Gasteiger partial charge in [-0.15, -0.1) is 0 Å². The molecule has 0 saturated heterocycles. The summed E-state index contributed by atoms with van der Waals surface area (Å²) in [6.45, 7) is 4.24. The van der Waals surface area contributed by atoms with Crippen LogP contribution >= 0.6 is 12.2 Å². The zero-order valence-electron chi connectivity index (χ0n) is 6.68. The molecule has 0 aromatic carbocycles. The Morgan fingerprint density at radius 3 is 2.60 bits per heavy atom. The van der Waals surface area contributed by atoms with E-state index < -0.39 is 0 Å². The van der Waals surface area contributed by atoms with Gasteiger partial charge in [0.2, 0.25) is 0 Å². The van der Waals surface area contributed by atoms with E-state index in [9.17, 15) is 0 Å². The maximum absolute atomic E-state index is 5.32. The molecule has 0 saturated carbocycles. The van der Waals surface area contributed by atoms with Crippen LogP contribution < -0.4 is 5.73 Å². The van der Waals surface area contributed by atoms with Crippen LogP contribution in [0.4, 0.5) is 0 Å². The Labute approximate surface area is 68.3 Å². The second-order valence-corrected chi connectivity index (χ2v) is 2.97. The van der Waals surface area contributed by atoms with Gasteiger partial charge in [0, 0.05) is 0 Å². The molecule has 2 heteroatoms. The summed E-state index contributed by atoms with van der Waals surface area (Å²) in [5, 5.41) is 0. The molecule has 0 atom stereocenters. The highest BCUT2D eigenvalue weighted by Gasteiger charge is 1.88. The first-order chi connectivity index (χ1) is 4.66. The Kier molecular flexibility index (Phi) is 5.22. The van der Waals surface area contributed by atoms with Crippen molar-refractivity contribution >= 4 is 17.2 Å². The van der Waals surface area contributed by atoms with Crippen molar-refractivity contribution < 1.29 is 0 Å². The van der Waals surface area contributed by atoms with Gasteiger partial charge in [-0.1, -0.05) is 31.1 Å². The molecule has 0 radical (unpaired) electrons. The molecule has 0 aliphatic heterocycles. The van der Waals surface area contributed by atoms with E-state index in [0.29, 0.717) is 4.99 Å². The monoisotopic (exact) mass is 157 g/mol. The van der Waals surface area contributed by atoms with Crippen molar-refractivity contribution in [3.05, 3.63) is 11.6 Å². The summed E-state index contributed by atoms with van der Waals surface area (Å²) in [5.41, 5.74) is 6.61. The van der Waals surface area contributed by atoms with E-state index >= 15 is 0 Å². The largest absolute Gasteiger partial charge is 0.390 e. The van der Waals surface area contributed by atoms with Crippen LogP contribution in [0.1, 0.15) is 33.1 Å². The summed E-state index contributed by atoms with van der Waals surface area (Å²) in [4.78, 5) is 0.494. The number of hydrogen-bond acceptors (Lipinski definition) is 1. The van der Waals surface area contributed by atoms with Gasteiger partial charge in [-0.2, -0.15) is 0 Å². The van der Waals surface area contributed by atoms with Crippen molar-refractivity contribution in [1.82, 2.24) is 0 Å². The number of thiocarbonyl (C=S) groups is 1. The second kappa shape index (κ2) is 5.42. The number of rotatable bonds is 4. The lowest BCUT2D eigenvalue weighted by Crippen LogP contribution is -2.03. The summed E-state index contributed by atoms with van der Waals surface area (Å²) in [6.07, 6.45) is 5.44. The van der Waals surface area contributed by atoms with E-state index in [4.69, 9.17) is 18.0 Å². The van der Waals surface area contributed by atoms with E-state index in [1.165, 1.54) is 18.4 Å². The molecule has 0 unspecified atom stereocenters. The van der Waals surface area contributed by atoms with Crippen molar-refractivity contribution in [2.45, 2.75) is 33.1 Å². The maximum Gasteiger partial charge on any atom is 0.0961 e. The lowest BCUT2D eigenvalue weighted by atomic mass is 10.1. The molecule has 0 spiro atoms. The van der Waals surface area contributed by atoms with Gasteiger partial charge in [-0.05, 0) is 25.8 Å². The Hall–Kier alpha value is -0.370. The predicted octanol–water partition coefficient (Wildman–Crippen LogP) is 2.41. The summed E-state index contributed by atoms with van der Waals surface area (Å²) >= 11 is 4.72. The third-order valence-corrected chi connectivity index (χ3v) is 1.43. The average Bonchev–Trinajstić information content (AvgIpc) is 1.82. The van der Waals surface area contributed by atoms with E-state index in [0.717, 1.165) is 6.42 Å². The Morgan fingerprint density at radius 1 is 1.60 bits per heavy atom. The van der Waals surface area contributed by atoms with Crippen LogP contribution in [0.2, 0.25) is 0 Å². The fourth-order valence-corrected chi connectivity index (χ4v) is 0.972. The fraction of sp³-hybridized carbons (Fsp3) is 0.625. The third-order valence-electron chi connectivity index (χ3n) is 1.31. The Morgan fingerprint density at radius 2 is 2.20 bits per heavy atom. The minimum Gasteiger partial charge on any atom is -0.390 e. The minimum atomic E-state index is 0.494. The topological polar surface area (TPSA) is 26.0 Å². The Bertz CT molecular complexity index is 138. The molecular weight excluding hydrogens is 142 g/mol. The van der Waals surface area contributed by atoms with E-state index in [2.05, 4.69) is 13.8 Å². The van der Waals surface area contributed by atoms with Crippen LogP contribution in [-0.2, 0) is 0 Å². The minimum absolute atomic E-state index is 0.494. The lowest BCUT2D eigenvalue weighted by Gasteiger charge is -1.96.